The number of hydrogen-bond donors (Lipinski definition) is 0. The summed E-state index contributed by atoms with van der Waals surface area (Å²) in [5.74, 6) is -0.907. The summed E-state index contributed by atoms with van der Waals surface area (Å²) in [5, 5.41) is 10.1. The molecule has 3 heteroatoms. The topological polar surface area (TPSA) is 40.1 Å². The van der Waals surface area contributed by atoms with Crippen LogP contribution in [0.5, 0.6) is 0 Å². The molecule has 0 aromatic rings. The molecule has 0 bridgehead atoms. The van der Waals surface area contributed by atoms with Crippen LogP contribution in [0.2, 0.25) is 0 Å². The molecule has 0 N–H and O–H groups in total. The van der Waals surface area contributed by atoms with Crippen LogP contribution in [0.1, 0.15) is 84.0 Å². The summed E-state index contributed by atoms with van der Waals surface area (Å²) < 4.78 is 0. The van der Waals surface area contributed by atoms with Gasteiger partial charge in [-0.25, -0.2) is 0 Å². The van der Waals surface area contributed by atoms with Gasteiger partial charge in [-0.15, -0.1) is 0 Å². The molecule has 0 saturated heterocycles. The van der Waals surface area contributed by atoms with Crippen molar-refractivity contribution in [3.05, 3.63) is 0 Å². The number of hydrogen-bond acceptors (Lipinski definition) is 2. The van der Waals surface area contributed by atoms with E-state index in [9.17, 15) is 9.90 Å². The second-order valence-corrected chi connectivity index (χ2v) is 4.66. The van der Waals surface area contributed by atoms with Crippen molar-refractivity contribution in [2.24, 2.45) is 0 Å². The molecule has 0 amide bonds. The van der Waals surface area contributed by atoms with Gasteiger partial charge in [-0.05, 0) is 12.8 Å². The van der Waals surface area contributed by atoms with E-state index in [0.29, 0.717) is 0 Å². The van der Waals surface area contributed by atoms with Gasteiger partial charge in [0.1, 0.15) is 0 Å². The summed E-state index contributed by atoms with van der Waals surface area (Å²) in [6, 6.07) is 0. The van der Waals surface area contributed by atoms with Crippen molar-refractivity contribution in [1.82, 2.24) is 0 Å². The normalized spacial score (nSPS) is 9.94. The molecule has 0 aromatic heterocycles. The summed E-state index contributed by atoms with van der Waals surface area (Å²) in [6.45, 7) is 2.24. The van der Waals surface area contributed by atoms with Gasteiger partial charge >= 0.3 is 27.3 Å². The first-order chi connectivity index (χ1) is 7.77. The van der Waals surface area contributed by atoms with Crippen LogP contribution in [-0.4, -0.2) is 33.3 Å². The fourth-order valence-corrected chi connectivity index (χ4v) is 1.93. The average Bonchev–Trinajstić information content (AvgIpc) is 2.25. The monoisotopic (exact) mass is 432 g/mol. The van der Waals surface area contributed by atoms with Gasteiger partial charge in [0.15, 0.2) is 0 Å². The van der Waals surface area contributed by atoms with Crippen molar-refractivity contribution in [2.45, 2.75) is 84.0 Å². The zero-order valence-electron chi connectivity index (χ0n) is 11.4. The van der Waals surface area contributed by atoms with Gasteiger partial charge < -0.3 is 9.90 Å². The Morgan fingerprint density at radius 2 is 1.12 bits per heavy atom. The maximum Gasteiger partial charge on any atom is 1.00 e. The van der Waals surface area contributed by atoms with E-state index >= 15 is 0 Å². The number of rotatable bonds is 12. The predicted molar refractivity (Wildman–Crippen MR) is 71.8 cm³/mol. The minimum atomic E-state index is -0.907. The van der Waals surface area contributed by atoms with Crippen LogP contribution >= 0.6 is 0 Å². The Labute approximate surface area is 127 Å². The molecular weight excluding hydrogens is 405 g/mol. The Bertz CT molecular complexity index is 160. The molecule has 0 aliphatic heterocycles. The third-order valence-corrected chi connectivity index (χ3v) is 2.98. The molecule has 0 aromatic carbocycles. The van der Waals surface area contributed by atoms with Gasteiger partial charge in [0, 0.05) is 5.97 Å². The maximum atomic E-state index is 10.1. The summed E-state index contributed by atoms with van der Waals surface area (Å²) in [5.41, 5.74) is 0. The van der Waals surface area contributed by atoms with Gasteiger partial charge in [0.2, 0.25) is 0 Å². The van der Waals surface area contributed by atoms with E-state index in [1.807, 2.05) is 0 Å². The molecule has 0 radical (unpaired) electrons. The molecule has 98 valence electrons. The van der Waals surface area contributed by atoms with Gasteiger partial charge in [0.25, 0.3) is 0 Å². The fraction of sp³-hybridized carbons (Fsp3) is 0.929. The maximum absolute atomic E-state index is 10.1. The molecule has 0 heterocycles. The third kappa shape index (κ3) is 18.9. The number of carboxylic acids is 1. The van der Waals surface area contributed by atoms with E-state index in [4.69, 9.17) is 0 Å². The SMILES string of the molecule is CCCCCCCCCCCCCC(=O)[O-].[Tl+]. The van der Waals surface area contributed by atoms with Gasteiger partial charge in [0.05, 0.1) is 0 Å². The van der Waals surface area contributed by atoms with E-state index in [2.05, 4.69) is 6.92 Å². The molecule has 0 spiro atoms. The Balaban J connectivity index is 0. The second-order valence-electron chi connectivity index (χ2n) is 4.66. The van der Waals surface area contributed by atoms with Gasteiger partial charge in [-0.1, -0.05) is 71.1 Å². The van der Waals surface area contributed by atoms with Crippen LogP contribution in [0, 0.1) is 0 Å². The van der Waals surface area contributed by atoms with E-state index in [-0.39, 0.29) is 33.7 Å². The molecule has 17 heavy (non-hydrogen) atoms. The van der Waals surface area contributed by atoms with Crippen molar-refractivity contribution >= 4 is 33.3 Å². The number of carbonyl (C=O) groups is 1. The molecule has 2 nitrogen and oxygen atoms in total. The van der Waals surface area contributed by atoms with E-state index in [1.54, 1.807) is 0 Å². The summed E-state index contributed by atoms with van der Waals surface area (Å²) in [4.78, 5) is 10.1. The Hall–Kier alpha value is 0.392. The van der Waals surface area contributed by atoms with Crippen molar-refractivity contribution in [3.8, 4) is 0 Å². The zero-order chi connectivity index (χ0) is 12.1. The van der Waals surface area contributed by atoms with Crippen LogP contribution in [0.3, 0.4) is 0 Å². The number of carbonyl (C=O) groups excluding carboxylic acids is 1. The quantitative estimate of drug-likeness (QED) is 0.352. The summed E-state index contributed by atoms with van der Waals surface area (Å²) in [7, 11) is 0. The number of aliphatic carboxylic acids is 1. The van der Waals surface area contributed by atoms with Gasteiger partial charge in [-0.3, -0.25) is 0 Å². The molecule has 0 aliphatic carbocycles. The smallest absolute Gasteiger partial charge is 0.550 e. The molecule has 0 unspecified atom stereocenters. The molecule has 0 atom stereocenters. The minimum absolute atomic E-state index is 0. The molecule has 0 aliphatic rings. The van der Waals surface area contributed by atoms with E-state index in [0.717, 1.165) is 12.8 Å². The Kier molecular flexibility index (Phi) is 19.0. The van der Waals surface area contributed by atoms with Crippen molar-refractivity contribution in [3.63, 3.8) is 0 Å². The van der Waals surface area contributed by atoms with Crippen molar-refractivity contribution in [1.29, 1.82) is 0 Å². The van der Waals surface area contributed by atoms with Crippen LogP contribution in [-0.2, 0) is 4.79 Å². The van der Waals surface area contributed by atoms with Crippen LogP contribution in [0.4, 0.5) is 0 Å². The standard InChI is InChI=1S/C14H28O2.Tl/c1-2-3-4-5-6-7-8-9-10-11-12-13-14(15)16;/h2-13H2,1H3,(H,15,16);/q;+1/p-1. The van der Waals surface area contributed by atoms with E-state index < -0.39 is 5.97 Å². The molecular formula is C14H27O2Tl. The third-order valence-electron chi connectivity index (χ3n) is 2.98. The Morgan fingerprint density at radius 3 is 1.47 bits per heavy atom. The molecule has 0 fully saturated rings. The summed E-state index contributed by atoms with van der Waals surface area (Å²) >= 11 is 0. The van der Waals surface area contributed by atoms with Crippen LogP contribution < -0.4 is 5.11 Å². The van der Waals surface area contributed by atoms with Crippen molar-refractivity contribution in [2.75, 3.05) is 0 Å². The largest absolute Gasteiger partial charge is 1.00 e. The number of unbranched alkanes of at least 4 members (excludes halogenated alkanes) is 10. The molecule has 0 rings (SSSR count). The first kappa shape index (κ1) is 19.7. The number of carboxylic acid groups (broad SMARTS) is 1. The predicted octanol–water partition coefficient (Wildman–Crippen LogP) is 3.06. The second kappa shape index (κ2) is 16.4. The van der Waals surface area contributed by atoms with E-state index in [1.165, 1.54) is 57.8 Å². The molecule has 0 saturated carbocycles. The van der Waals surface area contributed by atoms with Gasteiger partial charge in [-0.2, -0.15) is 0 Å². The average molecular weight is 432 g/mol. The fourth-order valence-electron chi connectivity index (χ4n) is 1.93. The first-order valence-electron chi connectivity index (χ1n) is 6.97. The van der Waals surface area contributed by atoms with Crippen LogP contribution in [0.15, 0.2) is 0 Å². The Morgan fingerprint density at radius 1 is 0.765 bits per heavy atom. The minimum Gasteiger partial charge on any atom is -0.550 e. The first-order valence-corrected chi connectivity index (χ1v) is 6.97. The van der Waals surface area contributed by atoms with Crippen LogP contribution in [0.25, 0.3) is 0 Å². The zero-order valence-corrected chi connectivity index (χ0v) is 15.9. The summed E-state index contributed by atoms with van der Waals surface area (Å²) in [6.07, 6.45) is 14.0. The van der Waals surface area contributed by atoms with Crippen molar-refractivity contribution < 1.29 is 9.90 Å².